The lowest BCUT2D eigenvalue weighted by atomic mass is 10.2. The molecule has 0 amide bonds. The average molecular weight is 223 g/mol. The van der Waals surface area contributed by atoms with Gasteiger partial charge in [0.25, 0.3) is 0 Å². The number of aromatic hydroxyl groups is 1. The fourth-order valence-electron chi connectivity index (χ4n) is 1.70. The summed E-state index contributed by atoms with van der Waals surface area (Å²) in [6, 6.07) is 7.24. The summed E-state index contributed by atoms with van der Waals surface area (Å²) in [5.74, 6) is 0.302. The number of rotatable bonds is 4. The smallest absolute Gasteiger partial charge is 0.115 e. The Labute approximate surface area is 95.2 Å². The van der Waals surface area contributed by atoms with E-state index in [-0.39, 0.29) is 6.10 Å². The van der Waals surface area contributed by atoms with Gasteiger partial charge in [-0.15, -0.1) is 0 Å². The van der Waals surface area contributed by atoms with Crippen LogP contribution in [0.5, 0.6) is 5.75 Å². The van der Waals surface area contributed by atoms with E-state index in [9.17, 15) is 5.11 Å². The zero-order chi connectivity index (χ0) is 11.2. The highest BCUT2D eigenvalue weighted by molar-refractivity contribution is 5.26. The van der Waals surface area contributed by atoms with Crippen LogP contribution in [-0.4, -0.2) is 37.6 Å². The van der Waals surface area contributed by atoms with E-state index in [0.29, 0.717) is 25.6 Å². The van der Waals surface area contributed by atoms with Crippen LogP contribution in [0.3, 0.4) is 0 Å². The molecule has 4 nitrogen and oxygen atoms in total. The molecule has 0 bridgehead atoms. The molecule has 1 atom stereocenters. The topological polar surface area (TPSA) is 50.7 Å². The second-order valence-electron chi connectivity index (χ2n) is 3.87. The maximum atomic E-state index is 9.29. The predicted octanol–water partition coefficient (Wildman–Crippen LogP) is 0.897. The van der Waals surface area contributed by atoms with E-state index in [0.717, 1.165) is 18.7 Å². The van der Waals surface area contributed by atoms with Gasteiger partial charge < -0.3 is 19.9 Å². The first-order chi connectivity index (χ1) is 7.84. The molecule has 0 aliphatic carbocycles. The van der Waals surface area contributed by atoms with Gasteiger partial charge in [0, 0.05) is 13.1 Å². The second kappa shape index (κ2) is 5.84. The van der Waals surface area contributed by atoms with Gasteiger partial charge in [0.05, 0.1) is 25.9 Å². The molecule has 4 heteroatoms. The number of ether oxygens (including phenoxy) is 2. The van der Waals surface area contributed by atoms with Gasteiger partial charge in [0.2, 0.25) is 0 Å². The Morgan fingerprint density at radius 3 is 3.06 bits per heavy atom. The number of hydrogen-bond donors (Lipinski definition) is 2. The third-order valence-electron chi connectivity index (χ3n) is 2.50. The molecule has 1 aliphatic rings. The van der Waals surface area contributed by atoms with E-state index >= 15 is 0 Å². The molecule has 0 saturated carbocycles. The zero-order valence-corrected chi connectivity index (χ0v) is 9.19. The minimum Gasteiger partial charge on any atom is -0.508 e. The van der Waals surface area contributed by atoms with Crippen LogP contribution < -0.4 is 5.32 Å². The molecule has 2 N–H and O–H groups in total. The van der Waals surface area contributed by atoms with E-state index < -0.39 is 0 Å². The Balaban J connectivity index is 1.71. The number of hydrogen-bond acceptors (Lipinski definition) is 4. The third kappa shape index (κ3) is 3.48. The van der Waals surface area contributed by atoms with Crippen LogP contribution in [0.15, 0.2) is 24.3 Å². The second-order valence-corrected chi connectivity index (χ2v) is 3.87. The van der Waals surface area contributed by atoms with E-state index in [1.54, 1.807) is 12.1 Å². The van der Waals surface area contributed by atoms with Crippen molar-refractivity contribution in [1.82, 2.24) is 5.32 Å². The Morgan fingerprint density at radius 2 is 2.31 bits per heavy atom. The summed E-state index contributed by atoms with van der Waals surface area (Å²) in [5.41, 5.74) is 1.07. The number of benzene rings is 1. The van der Waals surface area contributed by atoms with Crippen molar-refractivity contribution in [3.05, 3.63) is 29.8 Å². The molecular weight excluding hydrogens is 206 g/mol. The number of phenols is 1. The Hall–Kier alpha value is -1.10. The average Bonchev–Trinajstić information content (AvgIpc) is 2.30. The molecule has 0 radical (unpaired) electrons. The maximum absolute atomic E-state index is 9.29. The van der Waals surface area contributed by atoms with E-state index in [1.807, 2.05) is 12.1 Å². The fourth-order valence-corrected chi connectivity index (χ4v) is 1.70. The first-order valence-corrected chi connectivity index (χ1v) is 5.52. The molecule has 1 saturated heterocycles. The van der Waals surface area contributed by atoms with Gasteiger partial charge in [-0.3, -0.25) is 0 Å². The third-order valence-corrected chi connectivity index (χ3v) is 2.50. The van der Waals surface area contributed by atoms with Crippen LogP contribution >= 0.6 is 0 Å². The van der Waals surface area contributed by atoms with Crippen molar-refractivity contribution >= 4 is 0 Å². The molecule has 16 heavy (non-hydrogen) atoms. The number of nitrogens with one attached hydrogen (secondary N) is 1. The summed E-state index contributed by atoms with van der Waals surface area (Å²) in [6.45, 7) is 3.54. The predicted molar refractivity (Wildman–Crippen MR) is 60.4 cm³/mol. The Bertz CT molecular complexity index is 324. The van der Waals surface area contributed by atoms with Crippen LogP contribution in [0.1, 0.15) is 5.56 Å². The molecule has 1 aromatic rings. The summed E-state index contributed by atoms with van der Waals surface area (Å²) >= 11 is 0. The van der Waals surface area contributed by atoms with E-state index in [2.05, 4.69) is 5.32 Å². The molecule has 0 spiro atoms. The normalized spacial score (nSPS) is 20.9. The van der Waals surface area contributed by atoms with Crippen molar-refractivity contribution in [2.45, 2.75) is 12.6 Å². The molecule has 1 aromatic carbocycles. The van der Waals surface area contributed by atoms with Gasteiger partial charge in [0.15, 0.2) is 0 Å². The number of phenolic OH excluding ortho intramolecular Hbond substituents is 1. The highest BCUT2D eigenvalue weighted by atomic mass is 16.6. The van der Waals surface area contributed by atoms with Crippen molar-refractivity contribution < 1.29 is 14.6 Å². The largest absolute Gasteiger partial charge is 0.508 e. The van der Waals surface area contributed by atoms with Crippen LogP contribution in [0.25, 0.3) is 0 Å². The fraction of sp³-hybridized carbons (Fsp3) is 0.500. The Kier molecular flexibility index (Phi) is 4.16. The minimum atomic E-state index is 0.144. The van der Waals surface area contributed by atoms with Gasteiger partial charge in [-0.2, -0.15) is 0 Å². The van der Waals surface area contributed by atoms with Gasteiger partial charge in [0.1, 0.15) is 5.75 Å². The van der Waals surface area contributed by atoms with E-state index in [4.69, 9.17) is 9.47 Å². The van der Waals surface area contributed by atoms with Crippen LogP contribution in [0, 0.1) is 0 Å². The van der Waals surface area contributed by atoms with E-state index in [1.165, 1.54) is 0 Å². The first-order valence-electron chi connectivity index (χ1n) is 5.52. The first kappa shape index (κ1) is 11.4. The molecule has 1 heterocycles. The van der Waals surface area contributed by atoms with Gasteiger partial charge >= 0.3 is 0 Å². The maximum Gasteiger partial charge on any atom is 0.115 e. The lowest BCUT2D eigenvalue weighted by molar-refractivity contribution is -0.0864. The van der Waals surface area contributed by atoms with Crippen LogP contribution in [0.4, 0.5) is 0 Å². The molecule has 1 fully saturated rings. The molecule has 2 rings (SSSR count). The SMILES string of the molecule is Oc1cccc(CNCC2COCCO2)c1. The van der Waals surface area contributed by atoms with Crippen molar-refractivity contribution in [3.8, 4) is 5.75 Å². The molecule has 1 aliphatic heterocycles. The highest BCUT2D eigenvalue weighted by Gasteiger charge is 2.13. The molecule has 88 valence electrons. The summed E-state index contributed by atoms with van der Waals surface area (Å²) in [6.07, 6.45) is 0.144. The minimum absolute atomic E-state index is 0.144. The lowest BCUT2D eigenvalue weighted by Crippen LogP contribution is -2.37. The molecular formula is C12H17NO3. The zero-order valence-electron chi connectivity index (χ0n) is 9.19. The van der Waals surface area contributed by atoms with Crippen LogP contribution in [0.2, 0.25) is 0 Å². The van der Waals surface area contributed by atoms with Crippen LogP contribution in [-0.2, 0) is 16.0 Å². The summed E-state index contributed by atoms with van der Waals surface area (Å²) in [5, 5.41) is 12.6. The monoisotopic (exact) mass is 223 g/mol. The summed E-state index contributed by atoms with van der Waals surface area (Å²) in [4.78, 5) is 0. The molecule has 1 unspecified atom stereocenters. The Morgan fingerprint density at radius 1 is 1.38 bits per heavy atom. The summed E-state index contributed by atoms with van der Waals surface area (Å²) < 4.78 is 10.8. The highest BCUT2D eigenvalue weighted by Crippen LogP contribution is 2.10. The van der Waals surface area contributed by atoms with Crippen molar-refractivity contribution in [3.63, 3.8) is 0 Å². The quantitative estimate of drug-likeness (QED) is 0.796. The van der Waals surface area contributed by atoms with Gasteiger partial charge in [-0.25, -0.2) is 0 Å². The molecule has 0 aromatic heterocycles. The standard InChI is InChI=1S/C12H17NO3/c14-11-3-1-2-10(6-11)7-13-8-12-9-15-4-5-16-12/h1-3,6,12-14H,4-5,7-9H2. The van der Waals surface area contributed by atoms with Crippen molar-refractivity contribution in [2.75, 3.05) is 26.4 Å². The van der Waals surface area contributed by atoms with Crippen molar-refractivity contribution in [1.29, 1.82) is 0 Å². The van der Waals surface area contributed by atoms with Crippen molar-refractivity contribution in [2.24, 2.45) is 0 Å². The summed E-state index contributed by atoms with van der Waals surface area (Å²) in [7, 11) is 0. The van der Waals surface area contributed by atoms with Gasteiger partial charge in [-0.05, 0) is 17.7 Å². The lowest BCUT2D eigenvalue weighted by Gasteiger charge is -2.23. The van der Waals surface area contributed by atoms with Gasteiger partial charge in [-0.1, -0.05) is 12.1 Å².